The SMILES string of the molecule is O=C(Nc1cc(Br)cc(C(=O)O)c1)NC1CCCSC1. The van der Waals surface area contributed by atoms with Gasteiger partial charge in [0.1, 0.15) is 0 Å². The number of amides is 2. The Morgan fingerprint density at radius 3 is 2.80 bits per heavy atom. The quantitative estimate of drug-likeness (QED) is 0.775. The molecule has 1 atom stereocenters. The Kier molecular flexibility index (Phi) is 5.31. The fraction of sp³-hybridized carbons (Fsp3) is 0.385. The summed E-state index contributed by atoms with van der Waals surface area (Å²) in [6.45, 7) is 0. The van der Waals surface area contributed by atoms with Crippen LogP contribution in [-0.4, -0.2) is 34.7 Å². The van der Waals surface area contributed by atoms with Crippen molar-refractivity contribution in [2.45, 2.75) is 18.9 Å². The van der Waals surface area contributed by atoms with E-state index in [4.69, 9.17) is 5.11 Å². The van der Waals surface area contributed by atoms with Gasteiger partial charge in [0.2, 0.25) is 0 Å². The molecule has 2 amide bonds. The van der Waals surface area contributed by atoms with Crippen LogP contribution in [0.15, 0.2) is 22.7 Å². The number of nitrogens with one attached hydrogen (secondary N) is 2. The molecule has 0 aromatic heterocycles. The summed E-state index contributed by atoms with van der Waals surface area (Å²) in [5.74, 6) is 1.04. The van der Waals surface area contributed by atoms with Gasteiger partial charge in [-0.15, -0.1) is 0 Å². The normalized spacial score (nSPS) is 18.4. The highest BCUT2D eigenvalue weighted by molar-refractivity contribution is 9.10. The molecule has 1 aliphatic rings. The summed E-state index contributed by atoms with van der Waals surface area (Å²) in [5.41, 5.74) is 0.584. The van der Waals surface area contributed by atoms with Crippen LogP contribution in [0, 0.1) is 0 Å². The van der Waals surface area contributed by atoms with E-state index in [1.165, 1.54) is 12.1 Å². The third kappa shape index (κ3) is 4.42. The smallest absolute Gasteiger partial charge is 0.335 e. The van der Waals surface area contributed by atoms with Gasteiger partial charge in [0.05, 0.1) is 5.56 Å². The topological polar surface area (TPSA) is 78.4 Å². The summed E-state index contributed by atoms with van der Waals surface area (Å²) in [5, 5.41) is 14.6. The Bertz CT molecular complexity index is 518. The molecule has 0 bridgehead atoms. The largest absolute Gasteiger partial charge is 0.478 e. The number of benzene rings is 1. The zero-order chi connectivity index (χ0) is 14.5. The Hall–Kier alpha value is -1.21. The number of carboxylic acids is 1. The third-order valence-electron chi connectivity index (χ3n) is 2.90. The summed E-state index contributed by atoms with van der Waals surface area (Å²) in [6, 6.07) is 4.47. The standard InChI is InChI=1S/C13H15BrN2O3S/c14-9-4-8(12(17)18)5-11(6-9)16-13(19)15-10-2-1-3-20-7-10/h4-6,10H,1-3,7H2,(H,17,18)(H2,15,16,19). The Labute approximate surface area is 129 Å². The fourth-order valence-corrected chi connectivity index (χ4v) is 3.56. The number of anilines is 1. The molecule has 5 nitrogen and oxygen atoms in total. The van der Waals surface area contributed by atoms with E-state index in [0.717, 1.165) is 24.3 Å². The number of rotatable bonds is 3. The number of carbonyl (C=O) groups is 2. The van der Waals surface area contributed by atoms with Gasteiger partial charge in [0, 0.05) is 22.0 Å². The van der Waals surface area contributed by atoms with Crippen molar-refractivity contribution >= 4 is 45.4 Å². The van der Waals surface area contributed by atoms with Crippen LogP contribution in [0.2, 0.25) is 0 Å². The van der Waals surface area contributed by atoms with E-state index in [-0.39, 0.29) is 17.6 Å². The molecule has 0 spiro atoms. The maximum atomic E-state index is 11.9. The lowest BCUT2D eigenvalue weighted by molar-refractivity contribution is 0.0697. The van der Waals surface area contributed by atoms with Crippen molar-refractivity contribution in [2.75, 3.05) is 16.8 Å². The highest BCUT2D eigenvalue weighted by atomic mass is 79.9. The molecule has 1 unspecified atom stereocenters. The van der Waals surface area contributed by atoms with Gasteiger partial charge < -0.3 is 15.7 Å². The average Bonchev–Trinajstić information content (AvgIpc) is 2.38. The predicted molar refractivity (Wildman–Crippen MR) is 83.6 cm³/mol. The van der Waals surface area contributed by atoms with Crippen molar-refractivity contribution < 1.29 is 14.7 Å². The number of halogens is 1. The van der Waals surface area contributed by atoms with E-state index in [2.05, 4.69) is 26.6 Å². The Morgan fingerprint density at radius 1 is 1.35 bits per heavy atom. The molecule has 108 valence electrons. The first-order chi connectivity index (χ1) is 9.54. The highest BCUT2D eigenvalue weighted by Gasteiger charge is 2.16. The lowest BCUT2D eigenvalue weighted by atomic mass is 10.2. The van der Waals surface area contributed by atoms with E-state index in [1.807, 2.05) is 11.8 Å². The molecule has 1 aromatic rings. The molecule has 7 heteroatoms. The third-order valence-corrected chi connectivity index (χ3v) is 4.57. The predicted octanol–water partition coefficient (Wildman–Crippen LogP) is 3.16. The monoisotopic (exact) mass is 358 g/mol. The second kappa shape index (κ2) is 6.99. The first kappa shape index (κ1) is 15.2. The minimum Gasteiger partial charge on any atom is -0.478 e. The number of carboxylic acid groups (broad SMARTS) is 1. The van der Waals surface area contributed by atoms with E-state index < -0.39 is 5.97 Å². The number of aromatic carboxylic acids is 1. The van der Waals surface area contributed by atoms with Gasteiger partial charge in [0.15, 0.2) is 0 Å². The van der Waals surface area contributed by atoms with E-state index in [1.54, 1.807) is 6.07 Å². The molecule has 1 aromatic carbocycles. The van der Waals surface area contributed by atoms with Gasteiger partial charge in [-0.3, -0.25) is 0 Å². The maximum absolute atomic E-state index is 11.9. The first-order valence-corrected chi connectivity index (χ1v) is 8.18. The molecule has 1 aliphatic heterocycles. The van der Waals surface area contributed by atoms with Crippen molar-refractivity contribution in [1.82, 2.24) is 5.32 Å². The van der Waals surface area contributed by atoms with Crippen LogP contribution in [-0.2, 0) is 0 Å². The van der Waals surface area contributed by atoms with Crippen molar-refractivity contribution in [3.05, 3.63) is 28.2 Å². The summed E-state index contributed by atoms with van der Waals surface area (Å²) in [7, 11) is 0. The zero-order valence-corrected chi connectivity index (χ0v) is 13.1. The molecule has 1 heterocycles. The second-order valence-electron chi connectivity index (χ2n) is 4.55. The first-order valence-electron chi connectivity index (χ1n) is 6.24. The zero-order valence-electron chi connectivity index (χ0n) is 10.7. The number of hydrogen-bond acceptors (Lipinski definition) is 3. The van der Waals surface area contributed by atoms with Gasteiger partial charge in [-0.05, 0) is 36.8 Å². The van der Waals surface area contributed by atoms with Gasteiger partial charge in [-0.2, -0.15) is 11.8 Å². The van der Waals surface area contributed by atoms with Crippen LogP contribution in [0.25, 0.3) is 0 Å². The molecule has 0 radical (unpaired) electrons. The average molecular weight is 359 g/mol. The van der Waals surface area contributed by atoms with Crippen molar-refractivity contribution in [1.29, 1.82) is 0 Å². The molecule has 2 rings (SSSR count). The van der Waals surface area contributed by atoms with Crippen LogP contribution < -0.4 is 10.6 Å². The Balaban J connectivity index is 1.98. The summed E-state index contributed by atoms with van der Waals surface area (Å²) in [6.07, 6.45) is 2.09. The van der Waals surface area contributed by atoms with Crippen LogP contribution in [0.3, 0.4) is 0 Å². The van der Waals surface area contributed by atoms with Gasteiger partial charge in [-0.25, -0.2) is 9.59 Å². The van der Waals surface area contributed by atoms with E-state index in [9.17, 15) is 9.59 Å². The molecular formula is C13H15BrN2O3S. The van der Waals surface area contributed by atoms with Crippen LogP contribution in [0.5, 0.6) is 0 Å². The number of hydrogen-bond donors (Lipinski definition) is 3. The van der Waals surface area contributed by atoms with Crippen molar-refractivity contribution in [2.24, 2.45) is 0 Å². The second-order valence-corrected chi connectivity index (χ2v) is 6.61. The van der Waals surface area contributed by atoms with Crippen LogP contribution >= 0.6 is 27.7 Å². The van der Waals surface area contributed by atoms with Gasteiger partial charge in [-0.1, -0.05) is 15.9 Å². The van der Waals surface area contributed by atoms with Crippen molar-refractivity contribution in [3.63, 3.8) is 0 Å². The highest BCUT2D eigenvalue weighted by Crippen LogP contribution is 2.20. The van der Waals surface area contributed by atoms with Gasteiger partial charge >= 0.3 is 12.0 Å². The maximum Gasteiger partial charge on any atom is 0.335 e. The van der Waals surface area contributed by atoms with Crippen LogP contribution in [0.1, 0.15) is 23.2 Å². The number of thioether (sulfide) groups is 1. The minimum atomic E-state index is -1.03. The fourth-order valence-electron chi connectivity index (χ4n) is 1.99. The summed E-state index contributed by atoms with van der Waals surface area (Å²) < 4.78 is 0.612. The molecule has 20 heavy (non-hydrogen) atoms. The summed E-state index contributed by atoms with van der Waals surface area (Å²) in [4.78, 5) is 22.8. The van der Waals surface area contributed by atoms with Crippen LogP contribution in [0.4, 0.5) is 10.5 Å². The lowest BCUT2D eigenvalue weighted by Crippen LogP contribution is -2.40. The lowest BCUT2D eigenvalue weighted by Gasteiger charge is -2.22. The molecule has 1 fully saturated rings. The number of urea groups is 1. The van der Waals surface area contributed by atoms with E-state index in [0.29, 0.717) is 10.2 Å². The molecular weight excluding hydrogens is 344 g/mol. The van der Waals surface area contributed by atoms with E-state index >= 15 is 0 Å². The molecule has 3 N–H and O–H groups in total. The molecule has 0 aliphatic carbocycles. The number of carbonyl (C=O) groups excluding carboxylic acids is 1. The molecule has 1 saturated heterocycles. The van der Waals surface area contributed by atoms with Gasteiger partial charge in [0.25, 0.3) is 0 Å². The Morgan fingerprint density at radius 2 is 2.15 bits per heavy atom. The summed E-state index contributed by atoms with van der Waals surface area (Å²) >= 11 is 5.06. The molecule has 0 saturated carbocycles. The van der Waals surface area contributed by atoms with Crippen molar-refractivity contribution in [3.8, 4) is 0 Å². The minimum absolute atomic E-state index is 0.128.